The van der Waals surface area contributed by atoms with Gasteiger partial charge in [-0.2, -0.15) is 0 Å². The van der Waals surface area contributed by atoms with E-state index in [0.29, 0.717) is 6.10 Å². The van der Waals surface area contributed by atoms with Crippen LogP contribution in [-0.4, -0.2) is 42.2 Å². The third-order valence-electron chi connectivity index (χ3n) is 4.32. The maximum Gasteiger partial charge on any atom is 0.191 e. The Hall–Kier alpha value is -0.770. The topological polar surface area (TPSA) is 50.8 Å². The Morgan fingerprint density at radius 3 is 2.94 bits per heavy atom. The summed E-state index contributed by atoms with van der Waals surface area (Å²) in [5, 5.41) is 0. The van der Waals surface area contributed by atoms with E-state index < -0.39 is 0 Å². The lowest BCUT2D eigenvalue weighted by molar-refractivity contribution is 0.0641. The molecule has 1 saturated heterocycles. The molecule has 2 fully saturated rings. The molecule has 0 aromatic carbocycles. The van der Waals surface area contributed by atoms with Gasteiger partial charge in [-0.05, 0) is 38.5 Å². The standard InChI is InChI=1S/C12H21N3O/c1-12(9-4-5-9)8-14-11(13)15(12)7-10-3-2-6-16-10/h9-10H,2-8H2,1H3,(H2,13,14). The van der Waals surface area contributed by atoms with Crippen LogP contribution in [0.1, 0.15) is 32.6 Å². The summed E-state index contributed by atoms with van der Waals surface area (Å²) in [7, 11) is 0. The van der Waals surface area contributed by atoms with Crippen molar-refractivity contribution in [3.63, 3.8) is 0 Å². The minimum Gasteiger partial charge on any atom is -0.376 e. The van der Waals surface area contributed by atoms with Crippen molar-refractivity contribution < 1.29 is 4.74 Å². The molecule has 2 aliphatic heterocycles. The number of guanidine groups is 1. The summed E-state index contributed by atoms with van der Waals surface area (Å²) in [4.78, 5) is 6.75. The lowest BCUT2D eigenvalue weighted by Crippen LogP contribution is -2.53. The Morgan fingerprint density at radius 1 is 1.50 bits per heavy atom. The molecule has 0 bridgehead atoms. The highest BCUT2D eigenvalue weighted by atomic mass is 16.5. The molecule has 0 aromatic heterocycles. The van der Waals surface area contributed by atoms with E-state index >= 15 is 0 Å². The molecule has 2 atom stereocenters. The monoisotopic (exact) mass is 223 g/mol. The predicted octanol–water partition coefficient (Wildman–Crippen LogP) is 0.964. The third kappa shape index (κ3) is 1.59. The van der Waals surface area contributed by atoms with E-state index in [2.05, 4.69) is 16.8 Å². The first-order valence-corrected chi connectivity index (χ1v) is 6.39. The molecule has 2 N–H and O–H groups in total. The zero-order chi connectivity index (χ0) is 11.2. The summed E-state index contributed by atoms with van der Waals surface area (Å²) in [5.41, 5.74) is 6.20. The van der Waals surface area contributed by atoms with Crippen molar-refractivity contribution in [3.8, 4) is 0 Å². The highest BCUT2D eigenvalue weighted by Gasteiger charge is 2.49. The molecule has 0 spiro atoms. The molecule has 0 aromatic rings. The molecule has 0 amide bonds. The van der Waals surface area contributed by atoms with Crippen LogP contribution in [-0.2, 0) is 4.74 Å². The van der Waals surface area contributed by atoms with Crippen molar-refractivity contribution in [2.45, 2.75) is 44.2 Å². The van der Waals surface area contributed by atoms with E-state index in [1.165, 1.54) is 25.7 Å². The average Bonchev–Trinajstić information content (AvgIpc) is 2.95. The predicted molar refractivity (Wildman–Crippen MR) is 63.3 cm³/mol. The molecule has 90 valence electrons. The van der Waals surface area contributed by atoms with Crippen molar-refractivity contribution >= 4 is 5.96 Å². The Balaban J connectivity index is 1.71. The minimum atomic E-state index is 0.177. The fourth-order valence-electron chi connectivity index (χ4n) is 3.02. The molecule has 1 saturated carbocycles. The summed E-state index contributed by atoms with van der Waals surface area (Å²) >= 11 is 0. The van der Waals surface area contributed by atoms with Crippen molar-refractivity contribution in [1.29, 1.82) is 0 Å². The first kappa shape index (κ1) is 10.4. The van der Waals surface area contributed by atoms with Crippen molar-refractivity contribution in [2.24, 2.45) is 16.6 Å². The van der Waals surface area contributed by atoms with Gasteiger partial charge < -0.3 is 15.4 Å². The molecular formula is C12H21N3O. The molecule has 3 rings (SSSR count). The number of hydrogen-bond donors (Lipinski definition) is 1. The lowest BCUT2D eigenvalue weighted by atomic mass is 9.94. The highest BCUT2D eigenvalue weighted by molar-refractivity contribution is 5.81. The van der Waals surface area contributed by atoms with Crippen molar-refractivity contribution in [1.82, 2.24) is 4.90 Å². The number of hydrogen-bond acceptors (Lipinski definition) is 4. The number of nitrogens with two attached hydrogens (primary N) is 1. The molecule has 4 nitrogen and oxygen atoms in total. The number of rotatable bonds is 3. The number of aliphatic imine (C=N–C) groups is 1. The van der Waals surface area contributed by atoms with E-state index in [-0.39, 0.29) is 5.54 Å². The van der Waals surface area contributed by atoms with Gasteiger partial charge in [0, 0.05) is 13.2 Å². The SMILES string of the molecule is CC1(C2CC2)CN=C(N)N1CC1CCCO1. The van der Waals surface area contributed by atoms with Gasteiger partial charge in [0.2, 0.25) is 0 Å². The number of nitrogens with zero attached hydrogens (tertiary/aromatic N) is 2. The maximum atomic E-state index is 6.02. The van der Waals surface area contributed by atoms with Crippen LogP contribution in [0.25, 0.3) is 0 Å². The van der Waals surface area contributed by atoms with Crippen molar-refractivity contribution in [3.05, 3.63) is 0 Å². The second-order valence-corrected chi connectivity index (χ2v) is 5.55. The fourth-order valence-corrected chi connectivity index (χ4v) is 3.02. The van der Waals surface area contributed by atoms with Gasteiger partial charge in [0.05, 0.1) is 18.2 Å². The van der Waals surface area contributed by atoms with Crippen LogP contribution in [0.5, 0.6) is 0 Å². The molecule has 2 unspecified atom stereocenters. The molecule has 3 aliphatic rings. The van der Waals surface area contributed by atoms with Crippen LogP contribution >= 0.6 is 0 Å². The van der Waals surface area contributed by atoms with Crippen LogP contribution in [0.15, 0.2) is 4.99 Å². The lowest BCUT2D eigenvalue weighted by Gasteiger charge is -2.37. The molecule has 2 heterocycles. The van der Waals surface area contributed by atoms with Gasteiger partial charge in [-0.1, -0.05) is 0 Å². The largest absolute Gasteiger partial charge is 0.376 e. The van der Waals surface area contributed by atoms with Gasteiger partial charge in [0.1, 0.15) is 0 Å². The van der Waals surface area contributed by atoms with E-state index in [9.17, 15) is 0 Å². The first-order chi connectivity index (χ1) is 7.70. The zero-order valence-electron chi connectivity index (χ0n) is 9.98. The molecule has 0 radical (unpaired) electrons. The smallest absolute Gasteiger partial charge is 0.191 e. The summed E-state index contributed by atoms with van der Waals surface area (Å²) in [5.74, 6) is 1.52. The van der Waals surface area contributed by atoms with Crippen molar-refractivity contribution in [2.75, 3.05) is 19.7 Å². The van der Waals surface area contributed by atoms with Gasteiger partial charge in [0.15, 0.2) is 5.96 Å². The Morgan fingerprint density at radius 2 is 2.31 bits per heavy atom. The van der Waals surface area contributed by atoms with Gasteiger partial charge in [-0.25, -0.2) is 0 Å². The molecule has 4 heteroatoms. The summed E-state index contributed by atoms with van der Waals surface area (Å²) in [6.07, 6.45) is 5.40. The minimum absolute atomic E-state index is 0.177. The maximum absolute atomic E-state index is 6.02. The van der Waals surface area contributed by atoms with Crippen LogP contribution in [0.4, 0.5) is 0 Å². The average molecular weight is 223 g/mol. The summed E-state index contributed by atoms with van der Waals surface area (Å²) in [6, 6.07) is 0. The van der Waals surface area contributed by atoms with Crippen LogP contribution in [0.3, 0.4) is 0 Å². The van der Waals surface area contributed by atoms with Gasteiger partial charge in [0.25, 0.3) is 0 Å². The second kappa shape index (κ2) is 3.62. The molecule has 16 heavy (non-hydrogen) atoms. The fraction of sp³-hybridized carbons (Fsp3) is 0.917. The second-order valence-electron chi connectivity index (χ2n) is 5.55. The van der Waals surface area contributed by atoms with Crippen LogP contribution in [0, 0.1) is 5.92 Å². The van der Waals surface area contributed by atoms with Crippen LogP contribution < -0.4 is 5.73 Å². The zero-order valence-corrected chi connectivity index (χ0v) is 9.98. The Kier molecular flexibility index (Phi) is 2.35. The van der Waals surface area contributed by atoms with Gasteiger partial charge in [-0.3, -0.25) is 4.99 Å². The summed E-state index contributed by atoms with van der Waals surface area (Å²) in [6.45, 7) is 5.03. The van der Waals surface area contributed by atoms with E-state index in [0.717, 1.165) is 31.6 Å². The first-order valence-electron chi connectivity index (χ1n) is 6.39. The Bertz CT molecular complexity index is 307. The highest BCUT2D eigenvalue weighted by Crippen LogP contribution is 2.45. The van der Waals surface area contributed by atoms with Gasteiger partial charge in [-0.15, -0.1) is 0 Å². The van der Waals surface area contributed by atoms with E-state index in [1.54, 1.807) is 0 Å². The Labute approximate surface area is 96.8 Å². The van der Waals surface area contributed by atoms with Gasteiger partial charge >= 0.3 is 0 Å². The van der Waals surface area contributed by atoms with Crippen LogP contribution in [0.2, 0.25) is 0 Å². The van der Waals surface area contributed by atoms with E-state index in [1.807, 2.05) is 0 Å². The summed E-state index contributed by atoms with van der Waals surface area (Å²) < 4.78 is 5.70. The third-order valence-corrected chi connectivity index (χ3v) is 4.32. The normalized spacial score (nSPS) is 39.2. The van der Waals surface area contributed by atoms with E-state index in [4.69, 9.17) is 10.5 Å². The number of ether oxygens (including phenoxy) is 1. The quantitative estimate of drug-likeness (QED) is 0.775. The molecule has 1 aliphatic carbocycles. The molecular weight excluding hydrogens is 202 g/mol.